The summed E-state index contributed by atoms with van der Waals surface area (Å²) in [5, 5.41) is 4.23. The smallest absolute Gasteiger partial charge is 0.122 e. The number of benzene rings is 1. The van der Waals surface area contributed by atoms with Crippen molar-refractivity contribution < 1.29 is 4.74 Å². The van der Waals surface area contributed by atoms with Gasteiger partial charge in [0.05, 0.1) is 7.11 Å². The fraction of sp³-hybridized carbons (Fsp3) is 0.571. The van der Waals surface area contributed by atoms with E-state index in [2.05, 4.69) is 17.1 Å². The highest BCUT2D eigenvalue weighted by Gasteiger charge is 2.25. The molecule has 0 radical (unpaired) electrons. The van der Waals surface area contributed by atoms with Crippen molar-refractivity contribution in [2.45, 2.75) is 18.9 Å². The number of thioether (sulfide) groups is 1. The maximum atomic E-state index is 6.08. The lowest BCUT2D eigenvalue weighted by atomic mass is 9.93. The Morgan fingerprint density at radius 2 is 2.39 bits per heavy atom. The molecule has 1 N–H and O–H groups in total. The molecular weight excluding hydrogens is 266 g/mol. The second kappa shape index (κ2) is 6.69. The number of rotatable bonds is 5. The van der Waals surface area contributed by atoms with Crippen LogP contribution in [0.1, 0.15) is 12.0 Å². The highest BCUT2D eigenvalue weighted by Crippen LogP contribution is 2.30. The first kappa shape index (κ1) is 14.0. The lowest BCUT2D eigenvalue weighted by Crippen LogP contribution is -2.35. The molecule has 2 rings (SSSR count). The average Bonchev–Trinajstić information content (AvgIpc) is 2.90. The molecule has 0 saturated carbocycles. The standard InChI is InChI=1S/C14H20ClNOS/c1-16-13(10-5-6-18-9-10)8-11-7-12(15)3-4-14(11)17-2/h3-4,7,10,13,16H,5-6,8-9H2,1-2H3. The fourth-order valence-corrected chi connectivity index (χ4v) is 4.05. The van der Waals surface area contributed by atoms with Crippen LogP contribution in [0.25, 0.3) is 0 Å². The van der Waals surface area contributed by atoms with Gasteiger partial charge in [-0.3, -0.25) is 0 Å². The zero-order valence-electron chi connectivity index (χ0n) is 10.9. The molecule has 4 heteroatoms. The third kappa shape index (κ3) is 3.34. The van der Waals surface area contributed by atoms with Gasteiger partial charge in [0.15, 0.2) is 0 Å². The largest absolute Gasteiger partial charge is 0.496 e. The van der Waals surface area contributed by atoms with Crippen molar-refractivity contribution in [2.24, 2.45) is 5.92 Å². The third-order valence-corrected chi connectivity index (χ3v) is 5.01. The van der Waals surface area contributed by atoms with E-state index in [1.807, 2.05) is 25.2 Å². The van der Waals surface area contributed by atoms with Crippen molar-refractivity contribution in [3.8, 4) is 5.75 Å². The van der Waals surface area contributed by atoms with E-state index in [0.29, 0.717) is 6.04 Å². The number of hydrogen-bond acceptors (Lipinski definition) is 3. The number of likely N-dealkylation sites (N-methyl/N-ethyl adjacent to an activating group) is 1. The van der Waals surface area contributed by atoms with Gasteiger partial charge in [0.1, 0.15) is 5.75 Å². The van der Waals surface area contributed by atoms with E-state index in [-0.39, 0.29) is 0 Å². The summed E-state index contributed by atoms with van der Waals surface area (Å²) in [5.74, 6) is 4.23. The zero-order chi connectivity index (χ0) is 13.0. The maximum absolute atomic E-state index is 6.08. The summed E-state index contributed by atoms with van der Waals surface area (Å²) in [7, 11) is 3.76. The summed E-state index contributed by atoms with van der Waals surface area (Å²) in [6.07, 6.45) is 2.28. The number of nitrogens with one attached hydrogen (secondary N) is 1. The Hall–Kier alpha value is -0.380. The number of ether oxygens (including phenoxy) is 1. The van der Waals surface area contributed by atoms with E-state index in [1.165, 1.54) is 23.5 Å². The van der Waals surface area contributed by atoms with Gasteiger partial charge in [-0.1, -0.05) is 11.6 Å². The van der Waals surface area contributed by atoms with Gasteiger partial charge in [0, 0.05) is 11.1 Å². The molecule has 1 aliphatic rings. The van der Waals surface area contributed by atoms with Crippen LogP contribution in [-0.4, -0.2) is 31.7 Å². The predicted octanol–water partition coefficient (Wildman–Crippen LogP) is 3.23. The van der Waals surface area contributed by atoms with Gasteiger partial charge in [-0.25, -0.2) is 0 Å². The Morgan fingerprint density at radius 1 is 1.56 bits per heavy atom. The Labute approximate surface area is 118 Å². The second-order valence-corrected chi connectivity index (χ2v) is 6.27. The van der Waals surface area contributed by atoms with Crippen molar-refractivity contribution in [3.63, 3.8) is 0 Å². The highest BCUT2D eigenvalue weighted by atomic mass is 35.5. The maximum Gasteiger partial charge on any atom is 0.122 e. The molecule has 0 aliphatic carbocycles. The van der Waals surface area contributed by atoms with Crippen LogP contribution < -0.4 is 10.1 Å². The fourth-order valence-electron chi connectivity index (χ4n) is 2.52. The molecule has 100 valence electrons. The van der Waals surface area contributed by atoms with E-state index in [0.717, 1.165) is 23.1 Å². The van der Waals surface area contributed by atoms with Gasteiger partial charge in [0.2, 0.25) is 0 Å². The van der Waals surface area contributed by atoms with Crippen LogP contribution in [-0.2, 0) is 6.42 Å². The van der Waals surface area contributed by atoms with E-state index in [4.69, 9.17) is 16.3 Å². The summed E-state index contributed by atoms with van der Waals surface area (Å²) >= 11 is 8.13. The van der Waals surface area contributed by atoms with E-state index in [9.17, 15) is 0 Å². The van der Waals surface area contributed by atoms with Crippen molar-refractivity contribution in [1.29, 1.82) is 0 Å². The second-order valence-electron chi connectivity index (χ2n) is 4.68. The van der Waals surface area contributed by atoms with E-state index in [1.54, 1.807) is 7.11 Å². The van der Waals surface area contributed by atoms with Crippen molar-refractivity contribution in [3.05, 3.63) is 28.8 Å². The molecule has 1 fully saturated rings. The SMILES string of the molecule is CNC(Cc1cc(Cl)ccc1OC)C1CCSC1. The summed E-state index contributed by atoms with van der Waals surface area (Å²) < 4.78 is 5.42. The summed E-state index contributed by atoms with van der Waals surface area (Å²) in [5.41, 5.74) is 1.20. The molecule has 1 aromatic carbocycles. The van der Waals surface area contributed by atoms with Crippen molar-refractivity contribution in [2.75, 3.05) is 25.7 Å². The number of methoxy groups -OCH3 is 1. The number of hydrogen-bond donors (Lipinski definition) is 1. The highest BCUT2D eigenvalue weighted by molar-refractivity contribution is 7.99. The van der Waals surface area contributed by atoms with Gasteiger partial charge in [-0.2, -0.15) is 11.8 Å². The van der Waals surface area contributed by atoms with Crippen LogP contribution in [0.3, 0.4) is 0 Å². The number of halogens is 1. The monoisotopic (exact) mass is 285 g/mol. The van der Waals surface area contributed by atoms with Crippen LogP contribution in [0, 0.1) is 5.92 Å². The summed E-state index contributed by atoms with van der Waals surface area (Å²) in [6, 6.07) is 6.36. The van der Waals surface area contributed by atoms with Crippen LogP contribution in [0.2, 0.25) is 5.02 Å². The summed E-state index contributed by atoms with van der Waals surface area (Å²) in [4.78, 5) is 0. The first-order valence-corrected chi connectivity index (χ1v) is 7.85. The molecule has 1 heterocycles. The van der Waals surface area contributed by atoms with Crippen LogP contribution in [0.5, 0.6) is 5.75 Å². The zero-order valence-corrected chi connectivity index (χ0v) is 12.5. The summed E-state index contributed by atoms with van der Waals surface area (Å²) in [6.45, 7) is 0. The van der Waals surface area contributed by atoms with Crippen LogP contribution >= 0.6 is 23.4 Å². The lowest BCUT2D eigenvalue weighted by Gasteiger charge is -2.23. The quantitative estimate of drug-likeness (QED) is 0.897. The molecule has 18 heavy (non-hydrogen) atoms. The minimum Gasteiger partial charge on any atom is -0.496 e. The van der Waals surface area contributed by atoms with Crippen molar-refractivity contribution >= 4 is 23.4 Å². The molecule has 2 atom stereocenters. The normalized spacial score (nSPS) is 20.9. The van der Waals surface area contributed by atoms with E-state index >= 15 is 0 Å². The van der Waals surface area contributed by atoms with Gasteiger partial charge in [-0.05, 0) is 61.1 Å². The predicted molar refractivity (Wildman–Crippen MR) is 80.0 cm³/mol. The molecule has 0 bridgehead atoms. The Balaban J connectivity index is 2.12. The molecule has 2 unspecified atom stereocenters. The molecule has 0 spiro atoms. The van der Waals surface area contributed by atoms with Gasteiger partial charge < -0.3 is 10.1 Å². The minimum atomic E-state index is 0.507. The Kier molecular flexibility index (Phi) is 5.22. The first-order chi connectivity index (χ1) is 8.74. The van der Waals surface area contributed by atoms with Crippen molar-refractivity contribution in [1.82, 2.24) is 5.32 Å². The third-order valence-electron chi connectivity index (χ3n) is 3.59. The van der Waals surface area contributed by atoms with Gasteiger partial charge in [-0.15, -0.1) is 0 Å². The Morgan fingerprint density at radius 3 is 3.00 bits per heavy atom. The average molecular weight is 286 g/mol. The molecular formula is C14H20ClNOS. The van der Waals surface area contributed by atoms with Crippen LogP contribution in [0.15, 0.2) is 18.2 Å². The molecule has 1 saturated heterocycles. The minimum absolute atomic E-state index is 0.507. The molecule has 1 aromatic rings. The van der Waals surface area contributed by atoms with Gasteiger partial charge in [0.25, 0.3) is 0 Å². The van der Waals surface area contributed by atoms with Gasteiger partial charge >= 0.3 is 0 Å². The lowest BCUT2D eigenvalue weighted by molar-refractivity contribution is 0.382. The van der Waals surface area contributed by atoms with E-state index < -0.39 is 0 Å². The molecule has 0 amide bonds. The Bertz CT molecular complexity index is 393. The molecule has 0 aromatic heterocycles. The molecule has 1 aliphatic heterocycles. The first-order valence-electron chi connectivity index (χ1n) is 6.32. The van der Waals surface area contributed by atoms with Crippen LogP contribution in [0.4, 0.5) is 0 Å². The molecule has 2 nitrogen and oxygen atoms in total. The topological polar surface area (TPSA) is 21.3 Å².